The third kappa shape index (κ3) is 5.10. The predicted molar refractivity (Wildman–Crippen MR) is 54.4 cm³/mol. The molecule has 0 aliphatic heterocycles. The summed E-state index contributed by atoms with van der Waals surface area (Å²) in [7, 11) is 0. The van der Waals surface area contributed by atoms with Gasteiger partial charge in [0.05, 0.1) is 0 Å². The Hall–Kier alpha value is -1.45. The Bertz CT molecular complexity index is 294. The lowest BCUT2D eigenvalue weighted by molar-refractivity contribution is -0.0498. The van der Waals surface area contributed by atoms with E-state index in [1.165, 1.54) is 31.2 Å². The maximum atomic E-state index is 11.7. The summed E-state index contributed by atoms with van der Waals surface area (Å²) in [6, 6.07) is 5.56. The van der Waals surface area contributed by atoms with Crippen molar-refractivity contribution in [1.82, 2.24) is 0 Å². The van der Waals surface area contributed by atoms with Gasteiger partial charge in [-0.05, 0) is 31.2 Å². The molecule has 0 saturated carbocycles. The van der Waals surface area contributed by atoms with Gasteiger partial charge in [-0.1, -0.05) is 13.8 Å². The number of ether oxygens (including phenoxy) is 1. The minimum absolute atomic E-state index is 0.0556. The zero-order chi connectivity index (χ0) is 11.8. The summed E-state index contributed by atoms with van der Waals surface area (Å²) in [4.78, 5) is 10.8. The summed E-state index contributed by atoms with van der Waals surface area (Å²) in [5.74, 6) is -0.0522. The van der Waals surface area contributed by atoms with Crippen LogP contribution in [0.5, 0.6) is 5.75 Å². The number of Topliss-reactive ketones (excluding diaryl/α,β-unsaturated/α-hetero) is 1. The van der Waals surface area contributed by atoms with Crippen molar-refractivity contribution < 1.29 is 18.3 Å². The number of carbonyl (C=O) groups is 1. The van der Waals surface area contributed by atoms with Crippen molar-refractivity contribution in [2.24, 2.45) is 0 Å². The largest absolute Gasteiger partial charge is 0.435 e. The van der Waals surface area contributed by atoms with Gasteiger partial charge < -0.3 is 4.74 Å². The molecule has 4 heteroatoms. The minimum atomic E-state index is -2.83. The number of rotatable bonds is 3. The van der Waals surface area contributed by atoms with E-state index in [9.17, 15) is 13.6 Å². The number of hydrogen-bond acceptors (Lipinski definition) is 2. The summed E-state index contributed by atoms with van der Waals surface area (Å²) in [6.45, 7) is 2.58. The van der Waals surface area contributed by atoms with E-state index < -0.39 is 6.61 Å². The van der Waals surface area contributed by atoms with Gasteiger partial charge in [0.1, 0.15) is 5.75 Å². The first-order valence-electron chi connectivity index (χ1n) is 4.65. The summed E-state index contributed by atoms with van der Waals surface area (Å²) < 4.78 is 27.5. The van der Waals surface area contributed by atoms with Gasteiger partial charge in [-0.15, -0.1) is 0 Å². The average Bonchev–Trinajstić information content (AvgIpc) is 2.20. The van der Waals surface area contributed by atoms with E-state index in [0.717, 1.165) is 0 Å². The van der Waals surface area contributed by atoms with Crippen molar-refractivity contribution in [2.75, 3.05) is 0 Å². The Morgan fingerprint density at radius 2 is 1.67 bits per heavy atom. The Kier molecular flexibility index (Phi) is 6.25. The maximum Gasteiger partial charge on any atom is 0.387 e. The molecule has 1 aromatic rings. The van der Waals surface area contributed by atoms with Gasteiger partial charge in [0, 0.05) is 5.56 Å². The van der Waals surface area contributed by atoms with E-state index in [4.69, 9.17) is 0 Å². The van der Waals surface area contributed by atoms with Crippen LogP contribution in [0.1, 0.15) is 31.1 Å². The first-order valence-corrected chi connectivity index (χ1v) is 4.65. The second kappa shape index (κ2) is 6.92. The monoisotopic (exact) mass is 216 g/mol. The van der Waals surface area contributed by atoms with Crippen molar-refractivity contribution >= 4 is 5.78 Å². The molecule has 0 unspecified atom stereocenters. The van der Waals surface area contributed by atoms with Gasteiger partial charge in [-0.25, -0.2) is 0 Å². The fourth-order valence-electron chi connectivity index (χ4n) is 0.871. The molecule has 1 rings (SSSR count). The molecular formula is C11H14F2O2. The molecule has 1 aromatic carbocycles. The molecule has 0 aliphatic rings. The molecule has 0 saturated heterocycles. The Balaban J connectivity index is 0.000000921. The number of halogens is 2. The van der Waals surface area contributed by atoms with Crippen molar-refractivity contribution in [2.45, 2.75) is 27.4 Å². The van der Waals surface area contributed by atoms with E-state index in [0.29, 0.717) is 5.56 Å². The summed E-state index contributed by atoms with van der Waals surface area (Å²) in [6.07, 6.45) is 0. The van der Waals surface area contributed by atoms with Crippen LogP contribution in [0.25, 0.3) is 0 Å². The summed E-state index contributed by atoms with van der Waals surface area (Å²) >= 11 is 0. The number of ketones is 1. The summed E-state index contributed by atoms with van der Waals surface area (Å²) in [5, 5.41) is 0. The highest BCUT2D eigenvalue weighted by molar-refractivity contribution is 5.94. The van der Waals surface area contributed by atoms with E-state index in [1.807, 2.05) is 13.8 Å². The van der Waals surface area contributed by atoms with E-state index in [-0.39, 0.29) is 11.5 Å². The zero-order valence-corrected chi connectivity index (χ0v) is 8.96. The molecule has 0 N–H and O–H groups in total. The van der Waals surface area contributed by atoms with Crippen molar-refractivity contribution in [3.8, 4) is 5.75 Å². The molecule has 0 fully saturated rings. The van der Waals surface area contributed by atoms with Crippen molar-refractivity contribution in [3.05, 3.63) is 29.8 Å². The lowest BCUT2D eigenvalue weighted by Crippen LogP contribution is -2.02. The van der Waals surface area contributed by atoms with E-state index >= 15 is 0 Å². The van der Waals surface area contributed by atoms with Crippen LogP contribution in [0.15, 0.2) is 24.3 Å². The first kappa shape index (κ1) is 13.5. The highest BCUT2D eigenvalue weighted by Crippen LogP contribution is 2.14. The van der Waals surface area contributed by atoms with E-state index in [2.05, 4.69) is 4.74 Å². The standard InChI is InChI=1S/C9H8F2O2.C2H6/c1-6(12)7-2-4-8(5-3-7)13-9(10)11;1-2/h2-5,9H,1H3;1-2H3. The molecule has 0 spiro atoms. The molecule has 0 heterocycles. The lowest BCUT2D eigenvalue weighted by atomic mass is 10.1. The van der Waals surface area contributed by atoms with Crippen LogP contribution in [0.3, 0.4) is 0 Å². The molecule has 0 atom stereocenters. The van der Waals surface area contributed by atoms with E-state index in [1.54, 1.807) is 0 Å². The minimum Gasteiger partial charge on any atom is -0.435 e. The van der Waals surface area contributed by atoms with Crippen LogP contribution in [-0.4, -0.2) is 12.4 Å². The van der Waals surface area contributed by atoms with Crippen LogP contribution in [0.4, 0.5) is 8.78 Å². The van der Waals surface area contributed by atoms with Crippen LogP contribution in [0.2, 0.25) is 0 Å². The fraction of sp³-hybridized carbons (Fsp3) is 0.364. The van der Waals surface area contributed by atoms with Gasteiger partial charge in [-0.3, -0.25) is 4.79 Å². The Morgan fingerprint density at radius 1 is 1.20 bits per heavy atom. The molecule has 0 amide bonds. The highest BCUT2D eigenvalue weighted by Gasteiger charge is 2.04. The zero-order valence-electron chi connectivity index (χ0n) is 8.96. The Labute approximate surface area is 87.9 Å². The molecule has 2 nitrogen and oxygen atoms in total. The van der Waals surface area contributed by atoms with Gasteiger partial charge in [-0.2, -0.15) is 8.78 Å². The molecular weight excluding hydrogens is 202 g/mol. The second-order valence-corrected chi connectivity index (χ2v) is 2.46. The third-order valence-corrected chi connectivity index (χ3v) is 1.49. The summed E-state index contributed by atoms with van der Waals surface area (Å²) in [5.41, 5.74) is 0.474. The van der Waals surface area contributed by atoms with Crippen LogP contribution >= 0.6 is 0 Å². The number of carbonyl (C=O) groups excluding carboxylic acids is 1. The normalized spacial score (nSPS) is 9.20. The molecule has 84 valence electrons. The van der Waals surface area contributed by atoms with Crippen molar-refractivity contribution in [1.29, 1.82) is 0 Å². The quantitative estimate of drug-likeness (QED) is 0.722. The second-order valence-electron chi connectivity index (χ2n) is 2.46. The maximum absolute atomic E-state index is 11.7. The fourth-order valence-corrected chi connectivity index (χ4v) is 0.871. The van der Waals surface area contributed by atoms with Gasteiger partial charge in [0.2, 0.25) is 0 Å². The van der Waals surface area contributed by atoms with Crippen LogP contribution < -0.4 is 4.74 Å². The van der Waals surface area contributed by atoms with Crippen LogP contribution in [-0.2, 0) is 0 Å². The molecule has 0 aliphatic carbocycles. The van der Waals surface area contributed by atoms with Gasteiger partial charge in [0.25, 0.3) is 0 Å². The lowest BCUT2D eigenvalue weighted by Gasteiger charge is -2.03. The SMILES string of the molecule is CC.CC(=O)c1ccc(OC(F)F)cc1. The third-order valence-electron chi connectivity index (χ3n) is 1.49. The molecule has 0 bridgehead atoms. The van der Waals surface area contributed by atoms with Gasteiger partial charge >= 0.3 is 6.61 Å². The molecule has 0 aromatic heterocycles. The predicted octanol–water partition coefficient (Wildman–Crippen LogP) is 3.52. The first-order chi connectivity index (χ1) is 7.09. The molecule has 0 radical (unpaired) electrons. The number of benzene rings is 1. The van der Waals surface area contributed by atoms with Gasteiger partial charge in [0.15, 0.2) is 5.78 Å². The smallest absolute Gasteiger partial charge is 0.387 e. The van der Waals surface area contributed by atoms with Crippen molar-refractivity contribution in [3.63, 3.8) is 0 Å². The topological polar surface area (TPSA) is 26.3 Å². The highest BCUT2D eigenvalue weighted by atomic mass is 19.3. The number of alkyl halides is 2. The average molecular weight is 216 g/mol. The molecule has 15 heavy (non-hydrogen) atoms. The Morgan fingerprint density at radius 3 is 2.00 bits per heavy atom. The van der Waals surface area contributed by atoms with Crippen LogP contribution in [0, 0.1) is 0 Å². The number of hydrogen-bond donors (Lipinski definition) is 0.